The Balaban J connectivity index is 1.63. The zero-order valence-corrected chi connectivity index (χ0v) is 15.7. The van der Waals surface area contributed by atoms with Gasteiger partial charge in [0.1, 0.15) is 5.82 Å². The van der Waals surface area contributed by atoms with Gasteiger partial charge in [0, 0.05) is 43.7 Å². The number of aromatic nitrogens is 3. The number of hydrogen-bond acceptors (Lipinski definition) is 5. The summed E-state index contributed by atoms with van der Waals surface area (Å²) in [5, 5.41) is 3.39. The van der Waals surface area contributed by atoms with Crippen LogP contribution < -0.4 is 10.2 Å². The molecule has 1 fully saturated rings. The highest BCUT2D eigenvalue weighted by atomic mass is 15.2. The molecule has 0 radical (unpaired) electrons. The average molecular weight is 359 g/mol. The molecule has 3 heterocycles. The normalized spacial score (nSPS) is 16.9. The molecule has 1 atom stereocenters. The molecule has 3 aromatic rings. The first kappa shape index (κ1) is 17.5. The summed E-state index contributed by atoms with van der Waals surface area (Å²) in [6.07, 6.45) is 6.11. The van der Waals surface area contributed by atoms with Crippen molar-refractivity contribution in [1.29, 1.82) is 0 Å². The molecule has 5 nitrogen and oxygen atoms in total. The monoisotopic (exact) mass is 359 g/mol. The van der Waals surface area contributed by atoms with E-state index in [1.165, 1.54) is 12.8 Å². The Morgan fingerprint density at radius 3 is 2.67 bits per heavy atom. The van der Waals surface area contributed by atoms with Crippen LogP contribution in [0.25, 0.3) is 11.3 Å². The number of piperidine rings is 1. The molecule has 5 heteroatoms. The molecule has 1 saturated heterocycles. The predicted molar refractivity (Wildman–Crippen MR) is 110 cm³/mol. The van der Waals surface area contributed by atoms with E-state index in [4.69, 9.17) is 9.97 Å². The molecule has 0 saturated carbocycles. The van der Waals surface area contributed by atoms with Crippen molar-refractivity contribution in [3.05, 3.63) is 66.5 Å². The van der Waals surface area contributed by atoms with Crippen molar-refractivity contribution in [2.45, 2.75) is 26.3 Å². The van der Waals surface area contributed by atoms with Crippen molar-refractivity contribution in [1.82, 2.24) is 15.0 Å². The third-order valence-electron chi connectivity index (χ3n) is 4.96. The predicted octanol–water partition coefficient (Wildman–Crippen LogP) is 4.39. The lowest BCUT2D eigenvalue weighted by atomic mass is 10.0. The first-order valence-corrected chi connectivity index (χ1v) is 9.60. The van der Waals surface area contributed by atoms with E-state index < -0.39 is 0 Å². The summed E-state index contributed by atoms with van der Waals surface area (Å²) in [5.41, 5.74) is 3.22. The van der Waals surface area contributed by atoms with Crippen molar-refractivity contribution in [3.63, 3.8) is 0 Å². The summed E-state index contributed by atoms with van der Waals surface area (Å²) in [6, 6.07) is 16.4. The molecular weight excluding hydrogens is 334 g/mol. The van der Waals surface area contributed by atoms with E-state index >= 15 is 0 Å². The Labute approximate surface area is 160 Å². The van der Waals surface area contributed by atoms with Gasteiger partial charge in [-0.15, -0.1) is 0 Å². The highest BCUT2D eigenvalue weighted by Gasteiger charge is 2.19. The Bertz CT molecular complexity index is 866. The van der Waals surface area contributed by atoms with Gasteiger partial charge in [-0.25, -0.2) is 4.98 Å². The van der Waals surface area contributed by atoms with Gasteiger partial charge in [0.2, 0.25) is 5.95 Å². The maximum atomic E-state index is 4.82. The van der Waals surface area contributed by atoms with Gasteiger partial charge in [-0.1, -0.05) is 37.3 Å². The average Bonchev–Trinajstić information content (AvgIpc) is 2.73. The van der Waals surface area contributed by atoms with Crippen molar-refractivity contribution < 1.29 is 0 Å². The van der Waals surface area contributed by atoms with Crippen LogP contribution in [0.4, 0.5) is 11.8 Å². The molecule has 0 bridgehead atoms. The minimum Gasteiger partial charge on any atom is -0.356 e. The molecule has 1 aromatic carbocycles. The molecule has 2 aromatic heterocycles. The summed E-state index contributed by atoms with van der Waals surface area (Å²) in [4.78, 5) is 16.0. The summed E-state index contributed by atoms with van der Waals surface area (Å²) >= 11 is 0. The maximum Gasteiger partial charge on any atom is 0.225 e. The molecule has 1 aliphatic rings. The van der Waals surface area contributed by atoms with Gasteiger partial charge in [0.15, 0.2) is 0 Å². The van der Waals surface area contributed by atoms with E-state index in [-0.39, 0.29) is 0 Å². The van der Waals surface area contributed by atoms with Gasteiger partial charge in [-0.2, -0.15) is 4.98 Å². The standard InChI is InChI=1S/C22H25N5/c1-17-6-5-13-27(16-17)21-14-20(19-7-3-2-4-8-19)25-22(26-21)24-15-18-9-11-23-12-10-18/h2-4,7-12,14,17H,5-6,13,15-16H2,1H3,(H,24,25,26). The molecule has 138 valence electrons. The van der Waals surface area contributed by atoms with Gasteiger partial charge in [0.05, 0.1) is 5.69 Å². The number of anilines is 2. The van der Waals surface area contributed by atoms with Crippen LogP contribution in [0.2, 0.25) is 0 Å². The van der Waals surface area contributed by atoms with Crippen LogP contribution in [-0.2, 0) is 6.54 Å². The lowest BCUT2D eigenvalue weighted by Gasteiger charge is -2.32. The van der Waals surface area contributed by atoms with E-state index in [0.29, 0.717) is 18.4 Å². The second-order valence-electron chi connectivity index (χ2n) is 7.20. The zero-order valence-electron chi connectivity index (χ0n) is 15.7. The van der Waals surface area contributed by atoms with Crippen molar-refractivity contribution >= 4 is 11.8 Å². The molecule has 1 unspecified atom stereocenters. The fourth-order valence-corrected chi connectivity index (χ4v) is 3.51. The maximum absolute atomic E-state index is 4.82. The smallest absolute Gasteiger partial charge is 0.225 e. The number of pyridine rings is 1. The third kappa shape index (κ3) is 4.42. The summed E-state index contributed by atoms with van der Waals surface area (Å²) in [7, 11) is 0. The lowest BCUT2D eigenvalue weighted by molar-refractivity contribution is 0.444. The van der Waals surface area contributed by atoms with Crippen molar-refractivity contribution in [2.24, 2.45) is 5.92 Å². The van der Waals surface area contributed by atoms with E-state index in [2.05, 4.69) is 40.3 Å². The number of rotatable bonds is 5. The second kappa shape index (κ2) is 8.16. The molecule has 0 spiro atoms. The largest absolute Gasteiger partial charge is 0.356 e. The molecule has 27 heavy (non-hydrogen) atoms. The molecule has 1 N–H and O–H groups in total. The van der Waals surface area contributed by atoms with Crippen LogP contribution >= 0.6 is 0 Å². The van der Waals surface area contributed by atoms with Gasteiger partial charge in [0.25, 0.3) is 0 Å². The van der Waals surface area contributed by atoms with Gasteiger partial charge >= 0.3 is 0 Å². The minimum absolute atomic E-state index is 0.668. The fourth-order valence-electron chi connectivity index (χ4n) is 3.51. The quantitative estimate of drug-likeness (QED) is 0.732. The number of benzene rings is 1. The lowest BCUT2D eigenvalue weighted by Crippen LogP contribution is -2.35. The Hall–Kier alpha value is -2.95. The molecule has 4 rings (SSSR count). The van der Waals surface area contributed by atoms with Gasteiger partial charge in [-0.3, -0.25) is 4.98 Å². The van der Waals surface area contributed by atoms with E-state index in [1.807, 2.05) is 30.3 Å². The Morgan fingerprint density at radius 1 is 1.07 bits per heavy atom. The number of nitrogens with one attached hydrogen (secondary N) is 1. The minimum atomic E-state index is 0.668. The number of hydrogen-bond donors (Lipinski definition) is 1. The Kier molecular flexibility index (Phi) is 5.28. The zero-order chi connectivity index (χ0) is 18.5. The van der Waals surface area contributed by atoms with Crippen LogP contribution in [0.5, 0.6) is 0 Å². The van der Waals surface area contributed by atoms with Crippen LogP contribution in [0.3, 0.4) is 0 Å². The van der Waals surface area contributed by atoms with E-state index in [9.17, 15) is 0 Å². The van der Waals surface area contributed by atoms with E-state index in [1.54, 1.807) is 12.4 Å². The van der Waals surface area contributed by atoms with Crippen molar-refractivity contribution in [3.8, 4) is 11.3 Å². The van der Waals surface area contributed by atoms with Crippen LogP contribution in [0.15, 0.2) is 60.9 Å². The topological polar surface area (TPSA) is 53.9 Å². The molecular formula is C22H25N5. The van der Waals surface area contributed by atoms with Crippen LogP contribution in [0, 0.1) is 5.92 Å². The fraction of sp³-hybridized carbons (Fsp3) is 0.318. The van der Waals surface area contributed by atoms with Crippen molar-refractivity contribution in [2.75, 3.05) is 23.3 Å². The van der Waals surface area contributed by atoms with E-state index in [0.717, 1.165) is 35.7 Å². The summed E-state index contributed by atoms with van der Waals surface area (Å²) in [6.45, 7) is 5.10. The highest BCUT2D eigenvalue weighted by Crippen LogP contribution is 2.27. The summed E-state index contributed by atoms with van der Waals surface area (Å²) < 4.78 is 0. The molecule has 0 amide bonds. The second-order valence-corrected chi connectivity index (χ2v) is 7.20. The van der Waals surface area contributed by atoms with Gasteiger partial charge in [-0.05, 0) is 36.5 Å². The molecule has 1 aliphatic heterocycles. The first-order chi connectivity index (χ1) is 13.3. The van der Waals surface area contributed by atoms with Crippen LogP contribution in [0.1, 0.15) is 25.3 Å². The highest BCUT2D eigenvalue weighted by molar-refractivity contribution is 5.65. The Morgan fingerprint density at radius 2 is 1.89 bits per heavy atom. The third-order valence-corrected chi connectivity index (χ3v) is 4.96. The van der Waals surface area contributed by atoms with Gasteiger partial charge < -0.3 is 10.2 Å². The summed E-state index contributed by atoms with van der Waals surface area (Å²) in [5.74, 6) is 2.37. The first-order valence-electron chi connectivity index (χ1n) is 9.60. The van der Waals surface area contributed by atoms with Crippen LogP contribution in [-0.4, -0.2) is 28.0 Å². The molecule has 0 aliphatic carbocycles. The number of nitrogens with zero attached hydrogens (tertiary/aromatic N) is 4. The SMILES string of the molecule is CC1CCCN(c2cc(-c3ccccc3)nc(NCc3ccncc3)n2)C1.